The summed E-state index contributed by atoms with van der Waals surface area (Å²) >= 11 is 0. The maximum Gasteiger partial charge on any atom is 0.318 e. The molecule has 0 spiro atoms. The molecule has 0 amide bonds. The fourth-order valence-corrected chi connectivity index (χ4v) is 0.759. The third-order valence-electron chi connectivity index (χ3n) is 1.91. The van der Waals surface area contributed by atoms with Crippen LogP contribution >= 0.6 is 0 Å². The number of aliphatic hydroxyl groups excluding tert-OH is 3. The van der Waals surface area contributed by atoms with Crippen molar-refractivity contribution in [3.63, 3.8) is 0 Å². The van der Waals surface area contributed by atoms with Gasteiger partial charge in [-0.15, -0.1) is 0 Å². The topological polar surface area (TPSA) is 87.0 Å². The highest BCUT2D eigenvalue weighted by atomic mass is 16.6. The molecule has 0 aromatic heterocycles. The van der Waals surface area contributed by atoms with E-state index in [-0.39, 0.29) is 6.42 Å². The van der Waals surface area contributed by atoms with E-state index >= 15 is 0 Å². The van der Waals surface area contributed by atoms with Crippen LogP contribution in [0.5, 0.6) is 0 Å². The van der Waals surface area contributed by atoms with Crippen molar-refractivity contribution >= 4 is 5.97 Å². The summed E-state index contributed by atoms with van der Waals surface area (Å²) in [7, 11) is 0. The van der Waals surface area contributed by atoms with Gasteiger partial charge in [0, 0.05) is 0 Å². The standard InChI is InChI=1S/C7H14O5/c1-2-7(3-8,4-9)6(11)12-5-10/h8-10H,2-5H2,1H3. The Bertz CT molecular complexity index is 132. The summed E-state index contributed by atoms with van der Waals surface area (Å²) < 4.78 is 4.28. The number of rotatable bonds is 5. The average Bonchev–Trinajstić information content (AvgIpc) is 2.09. The van der Waals surface area contributed by atoms with Crippen molar-refractivity contribution in [2.24, 2.45) is 5.41 Å². The monoisotopic (exact) mass is 178 g/mol. The largest absolute Gasteiger partial charge is 0.438 e. The Labute approximate surface area is 70.6 Å². The SMILES string of the molecule is CCC(CO)(CO)C(=O)OCO. The first-order valence-corrected chi connectivity index (χ1v) is 3.66. The zero-order chi connectivity index (χ0) is 9.61. The van der Waals surface area contributed by atoms with Gasteiger partial charge in [0.25, 0.3) is 0 Å². The molecule has 72 valence electrons. The zero-order valence-corrected chi connectivity index (χ0v) is 6.99. The second kappa shape index (κ2) is 5.08. The fourth-order valence-electron chi connectivity index (χ4n) is 0.759. The molecular weight excluding hydrogens is 164 g/mol. The van der Waals surface area contributed by atoms with E-state index in [1.165, 1.54) is 0 Å². The van der Waals surface area contributed by atoms with Crippen molar-refractivity contribution in [1.82, 2.24) is 0 Å². The molecule has 3 N–H and O–H groups in total. The number of carbonyl (C=O) groups excluding carboxylic acids is 1. The van der Waals surface area contributed by atoms with Crippen LogP contribution in [-0.2, 0) is 9.53 Å². The normalized spacial score (nSPS) is 11.3. The Kier molecular flexibility index (Phi) is 4.80. The molecule has 0 radical (unpaired) electrons. The fraction of sp³-hybridized carbons (Fsp3) is 0.857. The van der Waals surface area contributed by atoms with Gasteiger partial charge in [-0.3, -0.25) is 4.79 Å². The van der Waals surface area contributed by atoms with Crippen LogP contribution in [-0.4, -0.2) is 41.3 Å². The molecule has 0 atom stereocenters. The van der Waals surface area contributed by atoms with E-state index in [1.54, 1.807) is 6.92 Å². The van der Waals surface area contributed by atoms with E-state index in [9.17, 15) is 4.79 Å². The van der Waals surface area contributed by atoms with Crippen LogP contribution in [0.3, 0.4) is 0 Å². The molecule has 0 aliphatic rings. The predicted octanol–water partition coefficient (Wildman–Crippen LogP) is -1.14. The highest BCUT2D eigenvalue weighted by Crippen LogP contribution is 2.21. The van der Waals surface area contributed by atoms with Crippen LogP contribution in [0, 0.1) is 5.41 Å². The highest BCUT2D eigenvalue weighted by molar-refractivity contribution is 5.77. The van der Waals surface area contributed by atoms with Gasteiger partial charge in [-0.1, -0.05) is 6.92 Å². The lowest BCUT2D eigenvalue weighted by Gasteiger charge is -2.24. The van der Waals surface area contributed by atoms with Gasteiger partial charge in [0.05, 0.1) is 13.2 Å². The first kappa shape index (κ1) is 11.4. The molecule has 0 aliphatic heterocycles. The molecule has 0 saturated heterocycles. The second-order valence-corrected chi connectivity index (χ2v) is 2.51. The summed E-state index contributed by atoms with van der Waals surface area (Å²) in [4.78, 5) is 11.1. The molecular formula is C7H14O5. The van der Waals surface area contributed by atoms with Crippen LogP contribution < -0.4 is 0 Å². The van der Waals surface area contributed by atoms with Crippen LogP contribution in [0.15, 0.2) is 0 Å². The van der Waals surface area contributed by atoms with E-state index < -0.39 is 31.4 Å². The second-order valence-electron chi connectivity index (χ2n) is 2.51. The van der Waals surface area contributed by atoms with Gasteiger partial charge in [0.1, 0.15) is 5.41 Å². The Morgan fingerprint density at radius 2 is 1.83 bits per heavy atom. The third kappa shape index (κ3) is 2.17. The Morgan fingerprint density at radius 3 is 2.08 bits per heavy atom. The Hall–Kier alpha value is -0.650. The quantitative estimate of drug-likeness (QED) is 0.366. The maximum absolute atomic E-state index is 11.1. The van der Waals surface area contributed by atoms with Crippen LogP contribution in [0.4, 0.5) is 0 Å². The first-order chi connectivity index (χ1) is 5.66. The highest BCUT2D eigenvalue weighted by Gasteiger charge is 2.37. The number of aliphatic hydroxyl groups is 3. The smallest absolute Gasteiger partial charge is 0.318 e. The molecule has 0 saturated carbocycles. The predicted molar refractivity (Wildman–Crippen MR) is 40.1 cm³/mol. The molecule has 0 unspecified atom stereocenters. The van der Waals surface area contributed by atoms with Crippen molar-refractivity contribution in [3.05, 3.63) is 0 Å². The maximum atomic E-state index is 11.1. The number of ether oxygens (including phenoxy) is 1. The van der Waals surface area contributed by atoms with Gasteiger partial charge < -0.3 is 20.1 Å². The minimum atomic E-state index is -1.28. The van der Waals surface area contributed by atoms with Crippen molar-refractivity contribution in [1.29, 1.82) is 0 Å². The van der Waals surface area contributed by atoms with Gasteiger partial charge in [-0.25, -0.2) is 0 Å². The first-order valence-electron chi connectivity index (χ1n) is 3.66. The third-order valence-corrected chi connectivity index (χ3v) is 1.91. The minimum absolute atomic E-state index is 0.263. The lowest BCUT2D eigenvalue weighted by atomic mass is 9.87. The molecule has 0 heterocycles. The van der Waals surface area contributed by atoms with Crippen molar-refractivity contribution in [2.75, 3.05) is 20.0 Å². The van der Waals surface area contributed by atoms with E-state index in [0.717, 1.165) is 0 Å². The van der Waals surface area contributed by atoms with Crippen LogP contribution in [0.1, 0.15) is 13.3 Å². The summed E-state index contributed by atoms with van der Waals surface area (Å²) in [5, 5.41) is 25.9. The number of carbonyl (C=O) groups is 1. The number of hydrogen-bond acceptors (Lipinski definition) is 5. The molecule has 0 bridgehead atoms. The van der Waals surface area contributed by atoms with Crippen LogP contribution in [0.25, 0.3) is 0 Å². The van der Waals surface area contributed by atoms with E-state index in [1.807, 2.05) is 0 Å². The van der Waals surface area contributed by atoms with Crippen molar-refractivity contribution < 1.29 is 24.9 Å². The molecule has 0 aromatic rings. The lowest BCUT2D eigenvalue weighted by Crippen LogP contribution is -2.39. The Morgan fingerprint density at radius 1 is 1.33 bits per heavy atom. The molecule has 5 nitrogen and oxygen atoms in total. The average molecular weight is 178 g/mol. The molecule has 0 aromatic carbocycles. The molecule has 0 aliphatic carbocycles. The summed E-state index contributed by atoms with van der Waals surface area (Å²) in [5.41, 5.74) is -1.28. The number of hydrogen-bond donors (Lipinski definition) is 3. The van der Waals surface area contributed by atoms with Gasteiger partial charge in [0.2, 0.25) is 0 Å². The summed E-state index contributed by atoms with van der Waals surface area (Å²) in [6.07, 6.45) is 0.263. The molecule has 12 heavy (non-hydrogen) atoms. The summed E-state index contributed by atoms with van der Waals surface area (Å²) in [6.45, 7) is -0.0661. The summed E-state index contributed by atoms with van der Waals surface area (Å²) in [6, 6.07) is 0. The van der Waals surface area contributed by atoms with E-state index in [4.69, 9.17) is 15.3 Å². The zero-order valence-electron chi connectivity index (χ0n) is 6.99. The van der Waals surface area contributed by atoms with Crippen molar-refractivity contribution in [3.8, 4) is 0 Å². The van der Waals surface area contributed by atoms with E-state index in [2.05, 4.69) is 4.74 Å². The van der Waals surface area contributed by atoms with Gasteiger partial charge in [0.15, 0.2) is 6.79 Å². The molecule has 0 fully saturated rings. The van der Waals surface area contributed by atoms with Gasteiger partial charge >= 0.3 is 5.97 Å². The summed E-state index contributed by atoms with van der Waals surface area (Å²) in [5.74, 6) is -0.780. The van der Waals surface area contributed by atoms with Crippen LogP contribution in [0.2, 0.25) is 0 Å². The van der Waals surface area contributed by atoms with Gasteiger partial charge in [-0.05, 0) is 6.42 Å². The van der Waals surface area contributed by atoms with Gasteiger partial charge in [-0.2, -0.15) is 0 Å². The Balaban J connectivity index is 4.36. The lowest BCUT2D eigenvalue weighted by molar-refractivity contribution is -0.170. The van der Waals surface area contributed by atoms with Crippen molar-refractivity contribution in [2.45, 2.75) is 13.3 Å². The molecule has 5 heteroatoms. The number of esters is 1. The minimum Gasteiger partial charge on any atom is -0.438 e. The molecule has 0 rings (SSSR count). The van der Waals surface area contributed by atoms with E-state index in [0.29, 0.717) is 0 Å².